The minimum atomic E-state index is -0.458. The molecule has 0 saturated carbocycles. The molecule has 7 heteroatoms. The molecule has 1 amide bonds. The van der Waals surface area contributed by atoms with Crippen molar-refractivity contribution in [3.05, 3.63) is 27.1 Å². The predicted octanol–water partition coefficient (Wildman–Crippen LogP) is 3.29. The maximum atomic E-state index is 12.2. The maximum Gasteiger partial charge on any atom is 0.324 e. The normalized spacial score (nSPS) is 18.3. The molecule has 1 atom stereocenters. The lowest BCUT2D eigenvalue weighted by molar-refractivity contribution is -0.380. The number of halogens is 1. The summed E-state index contributed by atoms with van der Waals surface area (Å²) in [6, 6.07) is 2.94. The second kappa shape index (κ2) is 6.00. The molecule has 1 aromatic heterocycles. The average Bonchev–Trinajstić information content (AvgIpc) is 2.87. The van der Waals surface area contributed by atoms with Gasteiger partial charge in [-0.1, -0.05) is 34.2 Å². The van der Waals surface area contributed by atoms with Gasteiger partial charge in [0, 0.05) is 24.0 Å². The molecule has 1 aromatic rings. The Labute approximate surface area is 123 Å². The molecule has 0 radical (unpaired) electrons. The summed E-state index contributed by atoms with van der Waals surface area (Å²) in [5.74, 6) is 0.514. The van der Waals surface area contributed by atoms with Gasteiger partial charge in [0.1, 0.15) is 0 Å². The first-order valence-electron chi connectivity index (χ1n) is 6.16. The van der Waals surface area contributed by atoms with Crippen LogP contribution in [0, 0.1) is 16.0 Å². The first-order valence-corrected chi connectivity index (χ1v) is 7.90. The fourth-order valence-corrected chi connectivity index (χ4v) is 3.58. The van der Waals surface area contributed by atoms with Crippen LogP contribution in [0.1, 0.15) is 29.4 Å². The van der Waals surface area contributed by atoms with Crippen molar-refractivity contribution in [1.29, 1.82) is 0 Å². The lowest BCUT2D eigenvalue weighted by Gasteiger charge is -2.33. The van der Waals surface area contributed by atoms with Gasteiger partial charge in [0.25, 0.3) is 5.91 Å². The summed E-state index contributed by atoms with van der Waals surface area (Å²) in [5.41, 5.74) is 0. The van der Waals surface area contributed by atoms with Gasteiger partial charge in [-0.05, 0) is 24.8 Å². The molecule has 1 aliphatic rings. The van der Waals surface area contributed by atoms with E-state index in [0.29, 0.717) is 15.6 Å². The molecule has 0 spiro atoms. The number of carbonyl (C=O) groups excluding carboxylic acids is 1. The number of piperidine rings is 1. The summed E-state index contributed by atoms with van der Waals surface area (Å²) in [6.45, 7) is 3.58. The quantitative estimate of drug-likeness (QED) is 0.479. The topological polar surface area (TPSA) is 63.5 Å². The zero-order chi connectivity index (χ0) is 14.0. The summed E-state index contributed by atoms with van der Waals surface area (Å²) in [4.78, 5) is 25.1. The van der Waals surface area contributed by atoms with Crippen molar-refractivity contribution >= 4 is 38.2 Å². The minimum Gasteiger partial charge on any atom is -0.338 e. The van der Waals surface area contributed by atoms with Gasteiger partial charge in [-0.3, -0.25) is 14.9 Å². The highest BCUT2D eigenvalue weighted by atomic mass is 79.9. The average molecular weight is 347 g/mol. The van der Waals surface area contributed by atoms with Crippen LogP contribution in [0.3, 0.4) is 0 Å². The summed E-state index contributed by atoms with van der Waals surface area (Å²) in [5, 5.41) is 10.6. The van der Waals surface area contributed by atoms with Crippen molar-refractivity contribution in [2.24, 2.45) is 5.92 Å². The lowest BCUT2D eigenvalue weighted by atomic mass is 9.94. The van der Waals surface area contributed by atoms with E-state index in [0.717, 1.165) is 37.3 Å². The standard InChI is InChI=1S/C12H15BrN2O3S/c1-8(13)9-4-6-14(7-5-9)12(16)10-2-3-11(19-10)15(17)18/h2-3,8-9H,4-7H2,1H3. The molecule has 1 aliphatic heterocycles. The SMILES string of the molecule is CC(Br)C1CCN(C(=O)c2ccc([N+](=O)[O-])s2)CC1. The second-order valence-corrected chi connectivity index (χ2v) is 7.21. The number of amides is 1. The van der Waals surface area contributed by atoms with E-state index < -0.39 is 4.92 Å². The van der Waals surface area contributed by atoms with Gasteiger partial charge in [0.15, 0.2) is 0 Å². The third-order valence-electron chi connectivity index (χ3n) is 3.46. The van der Waals surface area contributed by atoms with Gasteiger partial charge >= 0.3 is 5.00 Å². The second-order valence-electron chi connectivity index (χ2n) is 4.70. The van der Waals surface area contributed by atoms with Gasteiger partial charge in [0.05, 0.1) is 9.80 Å². The van der Waals surface area contributed by atoms with Crippen molar-refractivity contribution in [1.82, 2.24) is 4.90 Å². The molecule has 1 fully saturated rings. The number of alkyl halides is 1. The Kier molecular flexibility index (Phi) is 4.57. The Hall–Kier alpha value is -0.950. The maximum absolute atomic E-state index is 12.2. The molecule has 5 nitrogen and oxygen atoms in total. The number of hydrogen-bond acceptors (Lipinski definition) is 4. The highest BCUT2D eigenvalue weighted by molar-refractivity contribution is 9.09. The van der Waals surface area contributed by atoms with E-state index in [4.69, 9.17) is 0 Å². The van der Waals surface area contributed by atoms with Crippen LogP contribution >= 0.6 is 27.3 Å². The Morgan fingerprint density at radius 2 is 2.16 bits per heavy atom. The Balaban J connectivity index is 1.99. The number of nitro groups is 1. The molecule has 104 valence electrons. The molecule has 0 aromatic carbocycles. The van der Waals surface area contributed by atoms with E-state index in [-0.39, 0.29) is 10.9 Å². The third kappa shape index (κ3) is 3.33. The number of nitrogens with zero attached hydrogens (tertiary/aromatic N) is 2. The predicted molar refractivity (Wildman–Crippen MR) is 78.0 cm³/mol. The first kappa shape index (κ1) is 14.5. The zero-order valence-electron chi connectivity index (χ0n) is 10.5. The van der Waals surface area contributed by atoms with Gasteiger partial charge in [0.2, 0.25) is 0 Å². The molecule has 2 rings (SSSR count). The van der Waals surface area contributed by atoms with E-state index in [9.17, 15) is 14.9 Å². The number of carbonyl (C=O) groups is 1. The molecular weight excluding hydrogens is 332 g/mol. The van der Waals surface area contributed by atoms with E-state index in [2.05, 4.69) is 22.9 Å². The molecule has 1 saturated heterocycles. The lowest BCUT2D eigenvalue weighted by Crippen LogP contribution is -2.39. The number of hydrogen-bond donors (Lipinski definition) is 0. The third-order valence-corrected chi connectivity index (χ3v) is 5.23. The van der Waals surface area contributed by atoms with Crippen molar-refractivity contribution in [2.75, 3.05) is 13.1 Å². The van der Waals surface area contributed by atoms with E-state index >= 15 is 0 Å². The summed E-state index contributed by atoms with van der Waals surface area (Å²) in [7, 11) is 0. The summed E-state index contributed by atoms with van der Waals surface area (Å²) >= 11 is 4.53. The number of likely N-dealkylation sites (tertiary alicyclic amines) is 1. The molecule has 0 bridgehead atoms. The van der Waals surface area contributed by atoms with Crippen molar-refractivity contribution in [3.63, 3.8) is 0 Å². The van der Waals surface area contributed by atoms with Crippen LogP contribution in [0.25, 0.3) is 0 Å². The molecular formula is C12H15BrN2O3S. The molecule has 0 aliphatic carbocycles. The Morgan fingerprint density at radius 1 is 1.53 bits per heavy atom. The van der Waals surface area contributed by atoms with Crippen LogP contribution in [0.4, 0.5) is 5.00 Å². The largest absolute Gasteiger partial charge is 0.338 e. The number of rotatable bonds is 3. The van der Waals surface area contributed by atoms with Gasteiger partial charge in [-0.15, -0.1) is 0 Å². The van der Waals surface area contributed by atoms with Crippen LogP contribution in [0.15, 0.2) is 12.1 Å². The van der Waals surface area contributed by atoms with Crippen LogP contribution in [-0.2, 0) is 0 Å². The van der Waals surface area contributed by atoms with Gasteiger partial charge in [-0.2, -0.15) is 0 Å². The summed E-state index contributed by atoms with van der Waals surface area (Å²) in [6.07, 6.45) is 1.96. The molecule has 2 heterocycles. The Morgan fingerprint density at radius 3 is 2.63 bits per heavy atom. The van der Waals surface area contributed by atoms with Gasteiger partial charge in [-0.25, -0.2) is 0 Å². The highest BCUT2D eigenvalue weighted by Gasteiger charge is 2.27. The fraction of sp³-hybridized carbons (Fsp3) is 0.583. The highest BCUT2D eigenvalue weighted by Crippen LogP contribution is 2.29. The van der Waals surface area contributed by atoms with Crippen LogP contribution < -0.4 is 0 Å². The van der Waals surface area contributed by atoms with Crippen LogP contribution in [0.5, 0.6) is 0 Å². The van der Waals surface area contributed by atoms with Crippen molar-refractivity contribution in [2.45, 2.75) is 24.6 Å². The monoisotopic (exact) mass is 346 g/mol. The minimum absolute atomic E-state index is 0.0207. The van der Waals surface area contributed by atoms with Crippen molar-refractivity contribution < 1.29 is 9.72 Å². The van der Waals surface area contributed by atoms with Crippen molar-refractivity contribution in [3.8, 4) is 0 Å². The first-order chi connectivity index (χ1) is 8.99. The van der Waals surface area contributed by atoms with E-state index in [1.54, 1.807) is 11.0 Å². The van der Waals surface area contributed by atoms with Gasteiger partial charge < -0.3 is 4.90 Å². The zero-order valence-corrected chi connectivity index (χ0v) is 12.9. The number of thiophene rings is 1. The summed E-state index contributed by atoms with van der Waals surface area (Å²) < 4.78 is 0. The molecule has 1 unspecified atom stereocenters. The molecule has 0 N–H and O–H groups in total. The van der Waals surface area contributed by atoms with Crippen LogP contribution in [-0.4, -0.2) is 33.6 Å². The van der Waals surface area contributed by atoms with E-state index in [1.807, 2.05) is 0 Å². The molecule has 19 heavy (non-hydrogen) atoms. The van der Waals surface area contributed by atoms with Crippen LogP contribution in [0.2, 0.25) is 0 Å². The smallest absolute Gasteiger partial charge is 0.324 e. The van der Waals surface area contributed by atoms with E-state index in [1.165, 1.54) is 6.07 Å². The Bertz CT molecular complexity index is 481. The fourth-order valence-electron chi connectivity index (χ4n) is 2.26.